The molecule has 28 heavy (non-hydrogen) atoms. The summed E-state index contributed by atoms with van der Waals surface area (Å²) < 4.78 is 0. The van der Waals surface area contributed by atoms with Gasteiger partial charge in [-0.15, -0.1) is 0 Å². The van der Waals surface area contributed by atoms with Gasteiger partial charge >= 0.3 is 0 Å². The lowest BCUT2D eigenvalue weighted by Gasteiger charge is -2.37. The van der Waals surface area contributed by atoms with Crippen LogP contribution in [0.3, 0.4) is 0 Å². The minimum absolute atomic E-state index is 0.149. The minimum Gasteiger partial charge on any atom is -0.325 e. The summed E-state index contributed by atoms with van der Waals surface area (Å²) in [6.07, 6.45) is 5.65. The van der Waals surface area contributed by atoms with E-state index in [4.69, 9.17) is 0 Å². The van der Waals surface area contributed by atoms with Crippen LogP contribution in [0.2, 0.25) is 0 Å². The number of rotatable bonds is 4. The first-order valence-corrected chi connectivity index (χ1v) is 11.7. The lowest BCUT2D eigenvalue weighted by molar-refractivity contribution is -0.118. The molecular formula is C24H28N2OS. The SMILES string of the molecule is O=C(Nc1ccc2c(c1)CN(C1CCSCC1)CC2)C1(c2ccccc2)CC1. The zero-order valence-corrected chi connectivity index (χ0v) is 17.1. The molecule has 5 rings (SSSR count). The molecule has 0 atom stereocenters. The topological polar surface area (TPSA) is 32.3 Å². The number of hydrogen-bond donors (Lipinski definition) is 1. The number of benzene rings is 2. The molecule has 2 aromatic rings. The fourth-order valence-corrected chi connectivity index (χ4v) is 5.88. The average molecular weight is 393 g/mol. The Labute approximate surface area is 171 Å². The first-order chi connectivity index (χ1) is 13.7. The number of thioether (sulfide) groups is 1. The quantitative estimate of drug-likeness (QED) is 0.825. The molecule has 0 bridgehead atoms. The van der Waals surface area contributed by atoms with E-state index in [-0.39, 0.29) is 11.3 Å². The van der Waals surface area contributed by atoms with Gasteiger partial charge in [-0.2, -0.15) is 11.8 Å². The summed E-state index contributed by atoms with van der Waals surface area (Å²) >= 11 is 2.09. The number of fused-ring (bicyclic) bond motifs is 1. The number of hydrogen-bond acceptors (Lipinski definition) is 3. The van der Waals surface area contributed by atoms with E-state index in [0.29, 0.717) is 0 Å². The van der Waals surface area contributed by atoms with E-state index in [1.165, 1.54) is 42.0 Å². The van der Waals surface area contributed by atoms with Crippen LogP contribution in [0.15, 0.2) is 48.5 Å². The second-order valence-electron chi connectivity index (χ2n) is 8.45. The van der Waals surface area contributed by atoms with Crippen molar-refractivity contribution in [3.8, 4) is 0 Å². The number of carbonyl (C=O) groups is 1. The van der Waals surface area contributed by atoms with Gasteiger partial charge in [-0.05, 0) is 72.4 Å². The standard InChI is InChI=1S/C24H28N2OS/c27-23(24(11-12-24)20-4-2-1-3-5-20)25-21-7-6-18-8-13-26(17-19(18)16-21)22-9-14-28-15-10-22/h1-7,16,22H,8-15,17H2,(H,25,27). The minimum atomic E-state index is -0.317. The second kappa shape index (κ2) is 7.57. The highest BCUT2D eigenvalue weighted by atomic mass is 32.2. The van der Waals surface area contributed by atoms with Crippen LogP contribution in [-0.2, 0) is 23.2 Å². The summed E-state index contributed by atoms with van der Waals surface area (Å²) in [5, 5.41) is 3.23. The van der Waals surface area contributed by atoms with Crippen molar-refractivity contribution in [1.82, 2.24) is 4.90 Å². The van der Waals surface area contributed by atoms with E-state index in [9.17, 15) is 4.79 Å². The van der Waals surface area contributed by atoms with Crippen molar-refractivity contribution in [1.29, 1.82) is 0 Å². The maximum atomic E-state index is 13.1. The molecular weight excluding hydrogens is 364 g/mol. The third-order valence-corrected chi connectivity index (χ3v) is 7.77. The van der Waals surface area contributed by atoms with Crippen LogP contribution in [-0.4, -0.2) is 34.9 Å². The lowest BCUT2D eigenvalue weighted by Crippen LogP contribution is -2.41. The first-order valence-electron chi connectivity index (χ1n) is 10.6. The predicted octanol–water partition coefficient (Wildman–Crippen LogP) is 4.61. The molecule has 0 unspecified atom stereocenters. The predicted molar refractivity (Wildman–Crippen MR) is 117 cm³/mol. The molecule has 2 aliphatic heterocycles. The van der Waals surface area contributed by atoms with Crippen LogP contribution >= 0.6 is 11.8 Å². The fourth-order valence-electron chi connectivity index (χ4n) is 4.80. The Bertz CT molecular complexity index is 856. The highest BCUT2D eigenvalue weighted by molar-refractivity contribution is 7.99. The van der Waals surface area contributed by atoms with Crippen molar-refractivity contribution in [3.63, 3.8) is 0 Å². The van der Waals surface area contributed by atoms with Crippen LogP contribution in [0, 0.1) is 0 Å². The normalized spacial score (nSPS) is 21.7. The summed E-state index contributed by atoms with van der Waals surface area (Å²) in [7, 11) is 0. The summed E-state index contributed by atoms with van der Waals surface area (Å²) in [6, 6.07) is 17.5. The molecule has 4 heteroatoms. The molecule has 1 saturated heterocycles. The highest BCUT2D eigenvalue weighted by Gasteiger charge is 2.51. The summed E-state index contributed by atoms with van der Waals surface area (Å²) in [6.45, 7) is 2.20. The van der Waals surface area contributed by atoms with Crippen LogP contribution in [0.5, 0.6) is 0 Å². The number of anilines is 1. The van der Waals surface area contributed by atoms with Gasteiger partial charge in [-0.1, -0.05) is 36.4 Å². The molecule has 0 aromatic heterocycles. The second-order valence-corrected chi connectivity index (χ2v) is 9.67. The van der Waals surface area contributed by atoms with Crippen LogP contribution in [0.4, 0.5) is 5.69 Å². The van der Waals surface area contributed by atoms with E-state index in [0.717, 1.165) is 43.1 Å². The summed E-state index contributed by atoms with van der Waals surface area (Å²) in [5.74, 6) is 2.74. The Hall–Kier alpha value is -1.78. The third-order valence-electron chi connectivity index (χ3n) is 6.72. The largest absolute Gasteiger partial charge is 0.325 e. The maximum Gasteiger partial charge on any atom is 0.235 e. The van der Waals surface area contributed by atoms with Gasteiger partial charge in [0.15, 0.2) is 0 Å². The molecule has 1 saturated carbocycles. The molecule has 2 fully saturated rings. The van der Waals surface area contributed by atoms with Gasteiger partial charge in [-0.3, -0.25) is 9.69 Å². The first kappa shape index (κ1) is 18.3. The van der Waals surface area contributed by atoms with Crippen molar-refractivity contribution in [2.75, 3.05) is 23.4 Å². The van der Waals surface area contributed by atoms with Gasteiger partial charge in [0.05, 0.1) is 5.41 Å². The summed E-state index contributed by atoms with van der Waals surface area (Å²) in [5.41, 5.74) is 4.62. The van der Waals surface area contributed by atoms with E-state index >= 15 is 0 Å². The molecule has 0 radical (unpaired) electrons. The fraction of sp³-hybridized carbons (Fsp3) is 0.458. The van der Waals surface area contributed by atoms with Crippen molar-refractivity contribution in [2.24, 2.45) is 0 Å². The van der Waals surface area contributed by atoms with Crippen molar-refractivity contribution < 1.29 is 4.79 Å². The van der Waals surface area contributed by atoms with Gasteiger partial charge in [0.1, 0.15) is 0 Å². The maximum absolute atomic E-state index is 13.1. The highest BCUT2D eigenvalue weighted by Crippen LogP contribution is 2.49. The van der Waals surface area contributed by atoms with Gasteiger partial charge < -0.3 is 5.32 Å². The van der Waals surface area contributed by atoms with Gasteiger partial charge in [-0.25, -0.2) is 0 Å². The number of nitrogens with zero attached hydrogens (tertiary/aromatic N) is 1. The van der Waals surface area contributed by atoms with Crippen molar-refractivity contribution >= 4 is 23.4 Å². The lowest BCUT2D eigenvalue weighted by atomic mass is 9.94. The van der Waals surface area contributed by atoms with Crippen LogP contribution in [0.25, 0.3) is 0 Å². The zero-order chi connectivity index (χ0) is 19.0. The molecule has 1 amide bonds. The number of carbonyl (C=O) groups excluding carboxylic acids is 1. The van der Waals surface area contributed by atoms with Crippen LogP contribution < -0.4 is 5.32 Å². The smallest absolute Gasteiger partial charge is 0.235 e. The van der Waals surface area contributed by atoms with Crippen molar-refractivity contribution in [3.05, 3.63) is 65.2 Å². The van der Waals surface area contributed by atoms with E-state index < -0.39 is 0 Å². The monoisotopic (exact) mass is 392 g/mol. The molecule has 1 N–H and O–H groups in total. The van der Waals surface area contributed by atoms with Gasteiger partial charge in [0.25, 0.3) is 0 Å². The molecule has 3 aliphatic rings. The average Bonchev–Trinajstić information content (AvgIpc) is 3.57. The van der Waals surface area contributed by atoms with E-state index in [2.05, 4.69) is 52.3 Å². The van der Waals surface area contributed by atoms with Crippen molar-refractivity contribution in [2.45, 2.75) is 50.1 Å². The zero-order valence-electron chi connectivity index (χ0n) is 16.3. The molecule has 146 valence electrons. The third kappa shape index (κ3) is 3.48. The molecule has 0 spiro atoms. The van der Waals surface area contributed by atoms with Gasteiger partial charge in [0.2, 0.25) is 5.91 Å². The van der Waals surface area contributed by atoms with E-state index in [1.807, 2.05) is 18.2 Å². The Morgan fingerprint density at radius 1 is 1.04 bits per heavy atom. The number of amides is 1. The van der Waals surface area contributed by atoms with Gasteiger partial charge in [0, 0.05) is 24.8 Å². The Morgan fingerprint density at radius 2 is 1.82 bits per heavy atom. The Morgan fingerprint density at radius 3 is 2.57 bits per heavy atom. The summed E-state index contributed by atoms with van der Waals surface area (Å²) in [4.78, 5) is 15.7. The van der Waals surface area contributed by atoms with E-state index in [1.54, 1.807) is 0 Å². The molecule has 1 aliphatic carbocycles. The molecule has 2 aromatic carbocycles. The Kier molecular flexibility index (Phi) is 4.93. The number of nitrogens with one attached hydrogen (secondary N) is 1. The molecule has 3 nitrogen and oxygen atoms in total. The Balaban J connectivity index is 1.30. The molecule has 2 heterocycles. The van der Waals surface area contributed by atoms with Crippen LogP contribution in [0.1, 0.15) is 42.4 Å².